The van der Waals surface area contributed by atoms with Gasteiger partial charge in [-0.15, -0.1) is 0 Å². The van der Waals surface area contributed by atoms with Gasteiger partial charge < -0.3 is 4.90 Å². The maximum atomic E-state index is 12.7. The summed E-state index contributed by atoms with van der Waals surface area (Å²) in [6.45, 7) is 0.689. The fourth-order valence-electron chi connectivity index (χ4n) is 3.20. The molecule has 0 spiro atoms. The summed E-state index contributed by atoms with van der Waals surface area (Å²) in [5.74, 6) is -1.08. The third kappa shape index (κ3) is 1.90. The van der Waals surface area contributed by atoms with E-state index < -0.39 is 11.2 Å². The number of fused-ring (bicyclic) bond motifs is 1. The van der Waals surface area contributed by atoms with E-state index in [1.165, 1.54) is 16.7 Å². The second-order valence-corrected chi connectivity index (χ2v) is 6.73. The summed E-state index contributed by atoms with van der Waals surface area (Å²) in [5, 5.41) is 0.477. The lowest BCUT2D eigenvalue weighted by molar-refractivity contribution is -0.131. The highest BCUT2D eigenvalue weighted by molar-refractivity contribution is 8.04. The summed E-state index contributed by atoms with van der Waals surface area (Å²) in [5.41, 5.74) is 0.579. The number of hydrogen-bond donors (Lipinski definition) is 0. The minimum atomic E-state index is -0.559. The predicted octanol–water partition coefficient (Wildman–Crippen LogP) is 1.76. The molecule has 0 aliphatic carbocycles. The van der Waals surface area contributed by atoms with Crippen molar-refractivity contribution in [1.82, 2.24) is 4.90 Å². The van der Waals surface area contributed by atoms with E-state index >= 15 is 0 Å². The molecule has 3 heterocycles. The van der Waals surface area contributed by atoms with E-state index in [0.29, 0.717) is 12.2 Å². The zero-order valence-electron chi connectivity index (χ0n) is 11.8. The summed E-state index contributed by atoms with van der Waals surface area (Å²) in [6, 6.07) is 8.90. The second-order valence-electron chi connectivity index (χ2n) is 5.57. The molecular weight excluding hydrogens is 300 g/mol. The number of nitrogens with zero attached hydrogens (tertiary/aromatic N) is 2. The molecule has 0 radical (unpaired) electrons. The lowest BCUT2D eigenvalue weighted by Gasteiger charge is -2.17. The predicted molar refractivity (Wildman–Crippen MR) is 82.8 cm³/mol. The van der Waals surface area contributed by atoms with Crippen LogP contribution in [0.1, 0.15) is 12.8 Å². The van der Waals surface area contributed by atoms with Crippen LogP contribution in [0.3, 0.4) is 0 Å². The average Bonchev–Trinajstić information content (AvgIpc) is 3.17. The molecule has 2 unspecified atom stereocenters. The Hall–Kier alpha value is -2.08. The highest BCUT2D eigenvalue weighted by atomic mass is 32.2. The van der Waals surface area contributed by atoms with Crippen LogP contribution >= 0.6 is 11.8 Å². The maximum Gasteiger partial charge on any atom is 0.241 e. The third-order valence-electron chi connectivity index (χ3n) is 4.26. The molecule has 0 N–H and O–H groups in total. The van der Waals surface area contributed by atoms with E-state index in [9.17, 15) is 14.4 Å². The number of carbonyl (C=O) groups excluding carboxylic acids is 3. The first-order valence-corrected chi connectivity index (χ1v) is 8.15. The Morgan fingerprint density at radius 3 is 2.55 bits per heavy atom. The summed E-state index contributed by atoms with van der Waals surface area (Å²) >= 11 is 1.43. The van der Waals surface area contributed by atoms with Gasteiger partial charge in [0.1, 0.15) is 5.25 Å². The van der Waals surface area contributed by atoms with Crippen LogP contribution in [-0.2, 0) is 14.4 Å². The molecule has 2 atom stereocenters. The Kier molecular flexibility index (Phi) is 3.07. The van der Waals surface area contributed by atoms with Crippen molar-refractivity contribution >= 4 is 35.2 Å². The number of imide groups is 1. The molecule has 4 rings (SSSR count). The number of carbonyl (C=O) groups is 3. The molecule has 3 aliphatic rings. The van der Waals surface area contributed by atoms with Gasteiger partial charge in [0.2, 0.25) is 17.7 Å². The molecule has 0 aromatic heterocycles. The summed E-state index contributed by atoms with van der Waals surface area (Å²) in [7, 11) is 0. The first-order chi connectivity index (χ1) is 10.7. The number of benzene rings is 1. The van der Waals surface area contributed by atoms with E-state index in [4.69, 9.17) is 0 Å². The Morgan fingerprint density at radius 2 is 1.82 bits per heavy atom. The minimum absolute atomic E-state index is 0.0326. The highest BCUT2D eigenvalue weighted by Gasteiger charge is 2.51. The SMILES string of the molecule is O=C1C(C2CC(=O)N(c3ccccc3)C2=O)SC2=CCCN12. The van der Waals surface area contributed by atoms with E-state index in [-0.39, 0.29) is 24.1 Å². The van der Waals surface area contributed by atoms with Gasteiger partial charge >= 0.3 is 0 Å². The van der Waals surface area contributed by atoms with E-state index in [1.54, 1.807) is 29.2 Å². The van der Waals surface area contributed by atoms with Crippen molar-refractivity contribution in [2.75, 3.05) is 11.4 Å². The van der Waals surface area contributed by atoms with Crippen LogP contribution in [0.2, 0.25) is 0 Å². The van der Waals surface area contributed by atoms with Gasteiger partial charge in [0.05, 0.1) is 16.6 Å². The number of hydrogen-bond acceptors (Lipinski definition) is 4. The van der Waals surface area contributed by atoms with Crippen molar-refractivity contribution in [2.24, 2.45) is 5.92 Å². The van der Waals surface area contributed by atoms with Gasteiger partial charge in [-0.2, -0.15) is 0 Å². The summed E-state index contributed by atoms with van der Waals surface area (Å²) in [4.78, 5) is 40.3. The lowest BCUT2D eigenvalue weighted by Crippen LogP contribution is -2.37. The molecule has 3 amide bonds. The standard InChI is InChI=1S/C16H14N2O3S/c19-12-9-11(14-16(21)17-8-4-7-13(17)22-14)15(20)18(12)10-5-2-1-3-6-10/h1-3,5-7,11,14H,4,8-9H2. The van der Waals surface area contributed by atoms with Crippen LogP contribution in [0.15, 0.2) is 41.4 Å². The summed E-state index contributed by atoms with van der Waals surface area (Å²) < 4.78 is 0. The van der Waals surface area contributed by atoms with Crippen LogP contribution in [-0.4, -0.2) is 34.4 Å². The normalized spacial score (nSPS) is 27.6. The quantitative estimate of drug-likeness (QED) is 0.781. The Balaban J connectivity index is 1.61. The van der Waals surface area contributed by atoms with Crippen molar-refractivity contribution in [1.29, 1.82) is 0 Å². The van der Waals surface area contributed by atoms with Crippen LogP contribution in [0.5, 0.6) is 0 Å². The van der Waals surface area contributed by atoms with Crippen LogP contribution < -0.4 is 4.90 Å². The monoisotopic (exact) mass is 314 g/mol. The van der Waals surface area contributed by atoms with E-state index in [0.717, 1.165) is 11.4 Å². The van der Waals surface area contributed by atoms with Gasteiger partial charge in [0.15, 0.2) is 0 Å². The second kappa shape index (κ2) is 4.98. The Morgan fingerprint density at radius 1 is 1.05 bits per heavy atom. The lowest BCUT2D eigenvalue weighted by atomic mass is 10.0. The van der Waals surface area contributed by atoms with Gasteiger partial charge in [-0.3, -0.25) is 19.3 Å². The van der Waals surface area contributed by atoms with Crippen LogP contribution in [0, 0.1) is 5.92 Å². The van der Waals surface area contributed by atoms with Gasteiger partial charge in [0, 0.05) is 13.0 Å². The van der Waals surface area contributed by atoms with Crippen molar-refractivity contribution in [2.45, 2.75) is 18.1 Å². The molecule has 2 fully saturated rings. The Bertz CT molecular complexity index is 701. The third-order valence-corrected chi connectivity index (χ3v) is 5.67. The van der Waals surface area contributed by atoms with E-state index in [2.05, 4.69) is 0 Å². The molecule has 6 heteroatoms. The molecular formula is C16H14N2O3S. The van der Waals surface area contributed by atoms with Gasteiger partial charge in [-0.05, 0) is 18.6 Å². The molecule has 1 aromatic rings. The molecule has 5 nitrogen and oxygen atoms in total. The number of anilines is 1. The molecule has 0 saturated carbocycles. The number of rotatable bonds is 2. The fourth-order valence-corrected chi connectivity index (χ4v) is 4.58. The van der Waals surface area contributed by atoms with Gasteiger partial charge in [-0.1, -0.05) is 36.0 Å². The Labute approximate surface area is 132 Å². The molecule has 0 bridgehead atoms. The van der Waals surface area contributed by atoms with Crippen LogP contribution in [0.4, 0.5) is 5.69 Å². The zero-order valence-corrected chi connectivity index (χ0v) is 12.6. The first kappa shape index (κ1) is 13.6. The van der Waals surface area contributed by atoms with Crippen molar-refractivity contribution in [3.05, 3.63) is 41.4 Å². The van der Waals surface area contributed by atoms with Crippen molar-refractivity contribution in [3.8, 4) is 0 Å². The largest absolute Gasteiger partial charge is 0.306 e. The number of thioether (sulfide) groups is 1. The zero-order chi connectivity index (χ0) is 15.3. The highest BCUT2D eigenvalue weighted by Crippen LogP contribution is 2.44. The fraction of sp³-hybridized carbons (Fsp3) is 0.312. The molecule has 3 aliphatic heterocycles. The topological polar surface area (TPSA) is 57.7 Å². The van der Waals surface area contributed by atoms with Gasteiger partial charge in [0.25, 0.3) is 0 Å². The molecule has 1 aromatic carbocycles. The molecule has 112 valence electrons. The average molecular weight is 314 g/mol. The first-order valence-electron chi connectivity index (χ1n) is 7.27. The van der Waals surface area contributed by atoms with Crippen molar-refractivity contribution < 1.29 is 14.4 Å². The van der Waals surface area contributed by atoms with Crippen molar-refractivity contribution in [3.63, 3.8) is 0 Å². The number of para-hydroxylation sites is 1. The smallest absolute Gasteiger partial charge is 0.241 e. The number of amides is 3. The molecule has 2 saturated heterocycles. The summed E-state index contributed by atoms with van der Waals surface area (Å²) in [6.07, 6.45) is 3.01. The maximum absolute atomic E-state index is 12.7. The van der Waals surface area contributed by atoms with Gasteiger partial charge in [-0.25, -0.2) is 0 Å². The molecule has 22 heavy (non-hydrogen) atoms. The minimum Gasteiger partial charge on any atom is -0.306 e. The van der Waals surface area contributed by atoms with Crippen LogP contribution in [0.25, 0.3) is 0 Å². The van der Waals surface area contributed by atoms with E-state index in [1.807, 2.05) is 12.1 Å².